The normalized spacial score (nSPS) is 10.9. The van der Waals surface area contributed by atoms with E-state index in [9.17, 15) is 0 Å². The number of rotatable bonds is 11. The average Bonchev–Trinajstić information content (AvgIpc) is 2.47. The second kappa shape index (κ2) is 18.3. The Balaban J connectivity index is 0. The van der Waals surface area contributed by atoms with E-state index in [1.165, 1.54) is 11.1 Å². The van der Waals surface area contributed by atoms with Crippen LogP contribution >= 0.6 is 0 Å². The molecule has 0 spiro atoms. The molecule has 0 N–H and O–H groups in total. The van der Waals surface area contributed by atoms with Crippen molar-refractivity contribution in [3.63, 3.8) is 0 Å². The first-order valence-corrected chi connectivity index (χ1v) is 6.90. The molecule has 0 atom stereocenters. The maximum Gasteiger partial charge on any atom is 0.0646 e. The Hall–Kier alpha value is -0.680. The number of hydrogen-bond donors (Lipinski definition) is 0. The highest BCUT2D eigenvalue weighted by Gasteiger charge is 1.92. The summed E-state index contributed by atoms with van der Waals surface area (Å²) in [6, 6.07) is 0. The van der Waals surface area contributed by atoms with Gasteiger partial charge >= 0.3 is 0 Å². The smallest absolute Gasteiger partial charge is 0.0646 e. The quantitative estimate of drug-likeness (QED) is 0.547. The van der Waals surface area contributed by atoms with Crippen LogP contribution in [0.15, 0.2) is 23.8 Å². The molecule has 4 heteroatoms. The molecule has 4 nitrogen and oxygen atoms in total. The zero-order chi connectivity index (χ0) is 15.6. The zero-order valence-corrected chi connectivity index (χ0v) is 13.9. The summed E-state index contributed by atoms with van der Waals surface area (Å²) in [4.78, 5) is 0. The molecular weight excluding hydrogens is 256 g/mol. The van der Waals surface area contributed by atoms with E-state index in [2.05, 4.69) is 19.6 Å². The van der Waals surface area contributed by atoms with Gasteiger partial charge in [-0.25, -0.2) is 0 Å². The molecule has 0 fully saturated rings. The second-order valence-corrected chi connectivity index (χ2v) is 4.48. The Morgan fingerprint density at radius 2 is 1.25 bits per heavy atom. The van der Waals surface area contributed by atoms with E-state index in [1.54, 1.807) is 28.4 Å². The van der Waals surface area contributed by atoms with E-state index in [-0.39, 0.29) is 0 Å². The van der Waals surface area contributed by atoms with Crippen LogP contribution in [0, 0.1) is 0 Å². The summed E-state index contributed by atoms with van der Waals surface area (Å²) in [5.41, 5.74) is 2.52. The summed E-state index contributed by atoms with van der Waals surface area (Å²) in [6.07, 6.45) is 4.96. The monoisotopic (exact) mass is 288 g/mol. The van der Waals surface area contributed by atoms with Gasteiger partial charge < -0.3 is 18.9 Å². The minimum Gasteiger partial charge on any atom is -0.384 e. The Labute approximate surface area is 124 Å². The molecule has 0 amide bonds. The van der Waals surface area contributed by atoms with Crippen LogP contribution in [-0.2, 0) is 18.9 Å². The molecule has 0 aliphatic rings. The lowest BCUT2D eigenvalue weighted by Gasteiger charge is -2.02. The molecule has 0 saturated carbocycles. The lowest BCUT2D eigenvalue weighted by molar-refractivity contribution is 0.189. The molecule has 0 aromatic heterocycles. The van der Waals surface area contributed by atoms with Crippen LogP contribution in [0.1, 0.15) is 26.2 Å². The van der Waals surface area contributed by atoms with Gasteiger partial charge in [0.1, 0.15) is 0 Å². The van der Waals surface area contributed by atoms with Crippen molar-refractivity contribution in [1.82, 2.24) is 0 Å². The highest BCUT2D eigenvalue weighted by atomic mass is 16.5. The van der Waals surface area contributed by atoms with Crippen molar-refractivity contribution in [3.8, 4) is 0 Å². The van der Waals surface area contributed by atoms with E-state index in [4.69, 9.17) is 18.9 Å². The SMILES string of the molecule is C=C(CCOC)CCOC.COC/C=C(/C)CCOC. The van der Waals surface area contributed by atoms with Gasteiger partial charge in [-0.3, -0.25) is 0 Å². The van der Waals surface area contributed by atoms with Gasteiger partial charge in [-0.15, -0.1) is 0 Å². The minimum absolute atomic E-state index is 0.704. The van der Waals surface area contributed by atoms with Gasteiger partial charge in [0.05, 0.1) is 6.61 Å². The van der Waals surface area contributed by atoms with Crippen molar-refractivity contribution < 1.29 is 18.9 Å². The molecule has 0 heterocycles. The largest absolute Gasteiger partial charge is 0.384 e. The highest BCUT2D eigenvalue weighted by molar-refractivity contribution is 4.97. The molecule has 0 saturated heterocycles. The van der Waals surface area contributed by atoms with Gasteiger partial charge in [0.25, 0.3) is 0 Å². The van der Waals surface area contributed by atoms with Gasteiger partial charge in [-0.05, 0) is 26.2 Å². The van der Waals surface area contributed by atoms with Crippen molar-refractivity contribution in [2.75, 3.05) is 54.9 Å². The fourth-order valence-electron chi connectivity index (χ4n) is 1.21. The third kappa shape index (κ3) is 19.7. The fraction of sp³-hybridized carbons (Fsp3) is 0.750. The van der Waals surface area contributed by atoms with Crippen molar-refractivity contribution in [1.29, 1.82) is 0 Å². The predicted octanol–water partition coefficient (Wildman–Crippen LogP) is 3.23. The molecule has 0 bridgehead atoms. The molecule has 0 rings (SSSR count). The summed E-state index contributed by atoms with van der Waals surface area (Å²) in [7, 11) is 6.80. The molecule has 0 aliphatic heterocycles. The minimum atomic E-state index is 0.704. The maximum absolute atomic E-state index is 4.91. The molecule has 20 heavy (non-hydrogen) atoms. The van der Waals surface area contributed by atoms with E-state index in [0.29, 0.717) is 6.61 Å². The Morgan fingerprint density at radius 3 is 1.65 bits per heavy atom. The molecule has 0 radical (unpaired) electrons. The van der Waals surface area contributed by atoms with Crippen molar-refractivity contribution in [2.24, 2.45) is 0 Å². The van der Waals surface area contributed by atoms with Crippen molar-refractivity contribution in [2.45, 2.75) is 26.2 Å². The van der Waals surface area contributed by atoms with Gasteiger partial charge in [0.15, 0.2) is 0 Å². The zero-order valence-electron chi connectivity index (χ0n) is 13.9. The lowest BCUT2D eigenvalue weighted by atomic mass is 10.2. The second-order valence-electron chi connectivity index (χ2n) is 4.48. The standard InChI is InChI=1S/2C8H16O2/c2*1-8(4-6-9-2)5-7-10-3/h4H,5-7H2,1-3H3;1,4-7H2,2-3H3/b8-4-;. The fourth-order valence-corrected chi connectivity index (χ4v) is 1.21. The summed E-state index contributed by atoms with van der Waals surface area (Å²) in [5, 5.41) is 0. The number of ether oxygens (including phenoxy) is 4. The Kier molecular flexibility index (Phi) is 19.8. The van der Waals surface area contributed by atoms with Crippen molar-refractivity contribution in [3.05, 3.63) is 23.8 Å². The molecular formula is C16H32O4. The lowest BCUT2D eigenvalue weighted by Crippen LogP contribution is -1.95. The van der Waals surface area contributed by atoms with Gasteiger partial charge in [0, 0.05) is 48.3 Å². The summed E-state index contributed by atoms with van der Waals surface area (Å²) in [6.45, 7) is 8.99. The van der Waals surface area contributed by atoms with Gasteiger partial charge in [0.2, 0.25) is 0 Å². The summed E-state index contributed by atoms with van der Waals surface area (Å²) < 4.78 is 19.6. The van der Waals surface area contributed by atoms with Crippen LogP contribution in [0.4, 0.5) is 0 Å². The van der Waals surface area contributed by atoms with E-state index >= 15 is 0 Å². The maximum atomic E-state index is 4.91. The van der Waals surface area contributed by atoms with Gasteiger partial charge in [-0.1, -0.05) is 23.8 Å². The van der Waals surface area contributed by atoms with Crippen LogP contribution in [0.25, 0.3) is 0 Å². The summed E-state index contributed by atoms with van der Waals surface area (Å²) in [5.74, 6) is 0. The molecule has 120 valence electrons. The first-order valence-electron chi connectivity index (χ1n) is 6.90. The van der Waals surface area contributed by atoms with Crippen LogP contribution in [-0.4, -0.2) is 54.9 Å². The van der Waals surface area contributed by atoms with Crippen LogP contribution < -0.4 is 0 Å². The predicted molar refractivity (Wildman–Crippen MR) is 84.3 cm³/mol. The van der Waals surface area contributed by atoms with Crippen LogP contribution in [0.2, 0.25) is 0 Å². The molecule has 0 aromatic carbocycles. The molecule has 0 unspecified atom stereocenters. The third-order valence-electron chi connectivity index (χ3n) is 2.62. The van der Waals surface area contributed by atoms with Crippen LogP contribution in [0.3, 0.4) is 0 Å². The van der Waals surface area contributed by atoms with E-state index in [0.717, 1.165) is 39.1 Å². The Morgan fingerprint density at radius 1 is 0.800 bits per heavy atom. The first kappa shape index (κ1) is 21.6. The van der Waals surface area contributed by atoms with E-state index < -0.39 is 0 Å². The third-order valence-corrected chi connectivity index (χ3v) is 2.62. The average molecular weight is 288 g/mol. The first-order chi connectivity index (χ1) is 9.62. The summed E-state index contributed by atoms with van der Waals surface area (Å²) >= 11 is 0. The van der Waals surface area contributed by atoms with Gasteiger partial charge in [-0.2, -0.15) is 0 Å². The highest BCUT2D eigenvalue weighted by Crippen LogP contribution is 2.02. The molecule has 0 aliphatic carbocycles. The molecule has 0 aromatic rings. The number of methoxy groups -OCH3 is 4. The van der Waals surface area contributed by atoms with Crippen LogP contribution in [0.5, 0.6) is 0 Å². The van der Waals surface area contributed by atoms with E-state index in [1.807, 2.05) is 0 Å². The Bertz CT molecular complexity index is 227. The van der Waals surface area contributed by atoms with Crippen molar-refractivity contribution >= 4 is 0 Å². The number of hydrogen-bond acceptors (Lipinski definition) is 4. The topological polar surface area (TPSA) is 36.9 Å².